The van der Waals surface area contributed by atoms with E-state index in [-0.39, 0.29) is 0 Å². The topological polar surface area (TPSA) is 39.5 Å². The van der Waals surface area contributed by atoms with Crippen molar-refractivity contribution in [2.24, 2.45) is 0 Å². The third-order valence-electron chi connectivity index (χ3n) is 5.04. The first kappa shape index (κ1) is 17.4. The number of nitrogens with zero attached hydrogens (tertiary/aromatic N) is 3. The second-order valence-electron chi connectivity index (χ2n) is 6.74. The van der Waals surface area contributed by atoms with Crippen molar-refractivity contribution in [2.45, 2.75) is 12.8 Å². The number of anilines is 1. The van der Waals surface area contributed by atoms with E-state index in [0.717, 1.165) is 41.7 Å². The molecule has 1 aliphatic rings. The largest absolute Gasteiger partial charge is 0.492 e. The molecule has 0 aliphatic carbocycles. The van der Waals surface area contributed by atoms with Gasteiger partial charge in [-0.1, -0.05) is 42.5 Å². The van der Waals surface area contributed by atoms with Crippen LogP contribution in [0.4, 0.5) is 5.69 Å². The molecule has 4 rings (SSSR count). The molecule has 0 atom stereocenters. The van der Waals surface area contributed by atoms with Gasteiger partial charge in [0.05, 0.1) is 23.9 Å². The lowest BCUT2D eigenvalue weighted by molar-refractivity contribution is 0.172. The highest BCUT2D eigenvalue weighted by atomic mass is 16.5. The number of para-hydroxylation sites is 1. The third kappa shape index (κ3) is 3.74. The number of fused-ring (bicyclic) bond motifs is 1. The molecule has 1 saturated heterocycles. The second kappa shape index (κ2) is 8.11. The van der Waals surface area contributed by atoms with Gasteiger partial charge in [-0.3, -0.25) is 0 Å². The van der Waals surface area contributed by atoms with Crippen LogP contribution in [-0.4, -0.2) is 31.3 Å². The highest BCUT2D eigenvalue weighted by Crippen LogP contribution is 2.31. The quantitative estimate of drug-likeness (QED) is 0.669. The summed E-state index contributed by atoms with van der Waals surface area (Å²) >= 11 is 0. The zero-order valence-corrected chi connectivity index (χ0v) is 15.3. The summed E-state index contributed by atoms with van der Waals surface area (Å²) in [6.45, 7) is 3.49. The summed E-state index contributed by atoms with van der Waals surface area (Å²) in [6, 6.07) is 24.5. The van der Waals surface area contributed by atoms with E-state index < -0.39 is 0 Å². The zero-order chi connectivity index (χ0) is 18.5. The lowest BCUT2D eigenvalue weighted by Crippen LogP contribution is -2.49. The molecule has 0 unspecified atom stereocenters. The number of benzene rings is 3. The first-order valence-electron chi connectivity index (χ1n) is 9.49. The Hall–Kier alpha value is -3.03. The van der Waals surface area contributed by atoms with E-state index >= 15 is 0 Å². The Balaban J connectivity index is 1.56. The van der Waals surface area contributed by atoms with Crippen LogP contribution < -0.4 is 9.75 Å². The van der Waals surface area contributed by atoms with Gasteiger partial charge >= 0.3 is 0 Å². The summed E-state index contributed by atoms with van der Waals surface area (Å²) in [7, 11) is 0. The molecule has 3 aromatic rings. The lowest BCUT2D eigenvalue weighted by Gasteiger charge is -2.40. The van der Waals surface area contributed by atoms with Crippen molar-refractivity contribution >= 4 is 16.5 Å². The number of ether oxygens (including phenoxy) is 1. The molecule has 1 heterocycles. The summed E-state index contributed by atoms with van der Waals surface area (Å²) in [5.74, 6) is 0.907. The fraction of sp³-hybridized carbons (Fsp3) is 0.261. The van der Waals surface area contributed by atoms with Crippen LogP contribution >= 0.6 is 0 Å². The SMILES string of the molecule is N#Cc1ccc(N2CCCCN2CCOc2ccccc2)c2ccccc12. The van der Waals surface area contributed by atoms with Gasteiger partial charge in [-0.05, 0) is 37.1 Å². The van der Waals surface area contributed by atoms with Crippen molar-refractivity contribution < 1.29 is 4.74 Å². The van der Waals surface area contributed by atoms with E-state index in [1.54, 1.807) is 0 Å². The second-order valence-corrected chi connectivity index (χ2v) is 6.74. The Labute approximate surface area is 160 Å². The first-order valence-corrected chi connectivity index (χ1v) is 9.49. The van der Waals surface area contributed by atoms with Crippen molar-refractivity contribution in [1.82, 2.24) is 5.01 Å². The summed E-state index contributed by atoms with van der Waals surface area (Å²) in [5, 5.41) is 16.3. The van der Waals surface area contributed by atoms with Crippen molar-refractivity contribution in [3.05, 3.63) is 72.3 Å². The number of hydrazine groups is 1. The summed E-state index contributed by atoms with van der Waals surface area (Å²) in [4.78, 5) is 0. The van der Waals surface area contributed by atoms with E-state index in [9.17, 15) is 5.26 Å². The molecule has 0 saturated carbocycles. The standard InChI is InChI=1S/C23H23N3O/c24-18-19-12-13-23(22-11-5-4-10-21(19)22)26-15-7-6-14-25(26)16-17-27-20-8-2-1-3-9-20/h1-5,8-13H,6-7,14-17H2. The van der Waals surface area contributed by atoms with Crippen molar-refractivity contribution in [2.75, 3.05) is 31.3 Å². The molecule has 0 spiro atoms. The highest BCUT2D eigenvalue weighted by Gasteiger charge is 2.22. The number of rotatable bonds is 5. The molecular formula is C23H23N3O. The van der Waals surface area contributed by atoms with Crippen LogP contribution in [0.5, 0.6) is 5.75 Å². The average molecular weight is 357 g/mol. The Bertz CT molecular complexity index is 949. The van der Waals surface area contributed by atoms with E-state index in [2.05, 4.69) is 28.2 Å². The van der Waals surface area contributed by atoms with Gasteiger partial charge in [-0.2, -0.15) is 5.26 Å². The van der Waals surface area contributed by atoms with Gasteiger partial charge in [0.1, 0.15) is 12.4 Å². The summed E-state index contributed by atoms with van der Waals surface area (Å²) in [5.41, 5.74) is 1.90. The van der Waals surface area contributed by atoms with Gasteiger partial charge in [0.2, 0.25) is 0 Å². The molecule has 3 aromatic carbocycles. The molecule has 0 aromatic heterocycles. The monoisotopic (exact) mass is 357 g/mol. The molecule has 27 heavy (non-hydrogen) atoms. The Morgan fingerprint density at radius 3 is 2.41 bits per heavy atom. The van der Waals surface area contributed by atoms with Crippen LogP contribution in [0.2, 0.25) is 0 Å². The summed E-state index contributed by atoms with van der Waals surface area (Å²) in [6.07, 6.45) is 2.36. The van der Waals surface area contributed by atoms with E-state index in [1.807, 2.05) is 54.6 Å². The molecule has 4 heteroatoms. The molecule has 0 amide bonds. The zero-order valence-electron chi connectivity index (χ0n) is 15.3. The predicted octanol–water partition coefficient (Wildman–Crippen LogP) is 4.61. The predicted molar refractivity (Wildman–Crippen MR) is 109 cm³/mol. The van der Waals surface area contributed by atoms with Crippen molar-refractivity contribution in [3.8, 4) is 11.8 Å². The van der Waals surface area contributed by atoms with Crippen molar-refractivity contribution in [3.63, 3.8) is 0 Å². The van der Waals surface area contributed by atoms with Gasteiger partial charge < -0.3 is 9.75 Å². The molecular weight excluding hydrogens is 334 g/mol. The van der Waals surface area contributed by atoms with Crippen LogP contribution in [-0.2, 0) is 0 Å². The Kier molecular flexibility index (Phi) is 5.22. The minimum absolute atomic E-state index is 0.648. The van der Waals surface area contributed by atoms with Crippen LogP contribution in [0.3, 0.4) is 0 Å². The maximum Gasteiger partial charge on any atom is 0.119 e. The van der Waals surface area contributed by atoms with Gasteiger partial charge in [0.15, 0.2) is 0 Å². The Morgan fingerprint density at radius 2 is 1.59 bits per heavy atom. The van der Waals surface area contributed by atoms with Crippen molar-refractivity contribution in [1.29, 1.82) is 5.26 Å². The molecule has 1 aliphatic heterocycles. The minimum atomic E-state index is 0.648. The number of hydrogen-bond acceptors (Lipinski definition) is 4. The first-order chi connectivity index (χ1) is 13.4. The third-order valence-corrected chi connectivity index (χ3v) is 5.04. The van der Waals surface area contributed by atoms with E-state index in [1.165, 1.54) is 18.5 Å². The fourth-order valence-corrected chi connectivity index (χ4v) is 3.71. The van der Waals surface area contributed by atoms with E-state index in [4.69, 9.17) is 4.74 Å². The molecule has 0 N–H and O–H groups in total. The van der Waals surface area contributed by atoms with E-state index in [0.29, 0.717) is 6.61 Å². The van der Waals surface area contributed by atoms with Gasteiger partial charge in [0.25, 0.3) is 0 Å². The molecule has 1 fully saturated rings. The van der Waals surface area contributed by atoms with Gasteiger partial charge in [-0.25, -0.2) is 5.01 Å². The molecule has 136 valence electrons. The molecule has 0 bridgehead atoms. The summed E-state index contributed by atoms with van der Waals surface area (Å²) < 4.78 is 5.91. The fourth-order valence-electron chi connectivity index (χ4n) is 3.71. The maximum absolute atomic E-state index is 9.42. The van der Waals surface area contributed by atoms with Crippen LogP contribution in [0, 0.1) is 11.3 Å². The maximum atomic E-state index is 9.42. The van der Waals surface area contributed by atoms with Crippen LogP contribution in [0.15, 0.2) is 66.7 Å². The number of nitriles is 1. The van der Waals surface area contributed by atoms with Gasteiger partial charge in [0, 0.05) is 23.9 Å². The van der Waals surface area contributed by atoms with Crippen LogP contribution in [0.25, 0.3) is 10.8 Å². The lowest BCUT2D eigenvalue weighted by atomic mass is 10.0. The Morgan fingerprint density at radius 1 is 0.852 bits per heavy atom. The van der Waals surface area contributed by atoms with Gasteiger partial charge in [-0.15, -0.1) is 0 Å². The number of hydrogen-bond donors (Lipinski definition) is 0. The highest BCUT2D eigenvalue weighted by molar-refractivity contribution is 5.97. The molecule has 0 radical (unpaired) electrons. The average Bonchev–Trinajstić information content (AvgIpc) is 2.74. The molecule has 4 nitrogen and oxygen atoms in total. The minimum Gasteiger partial charge on any atom is -0.492 e. The smallest absolute Gasteiger partial charge is 0.119 e. The van der Waals surface area contributed by atoms with Crippen LogP contribution in [0.1, 0.15) is 18.4 Å². The normalized spacial score (nSPS) is 14.9.